The van der Waals surface area contributed by atoms with E-state index in [4.69, 9.17) is 9.16 Å². The average Bonchev–Trinajstić information content (AvgIpc) is 3.23. The smallest absolute Gasteiger partial charge is 0.408 e. The third kappa shape index (κ3) is 6.65. The molecule has 0 spiro atoms. The van der Waals surface area contributed by atoms with Crippen molar-refractivity contribution in [2.75, 3.05) is 0 Å². The van der Waals surface area contributed by atoms with E-state index >= 15 is 0 Å². The minimum Gasteiger partial charge on any atom is -0.444 e. The molecule has 0 fully saturated rings. The van der Waals surface area contributed by atoms with Crippen LogP contribution in [0.15, 0.2) is 72.8 Å². The highest BCUT2D eigenvalue weighted by Crippen LogP contribution is 2.38. The Kier molecular flexibility index (Phi) is 8.47. The van der Waals surface area contributed by atoms with Crippen molar-refractivity contribution in [3.8, 4) is 0 Å². The van der Waals surface area contributed by atoms with Crippen molar-refractivity contribution in [2.45, 2.75) is 83.7 Å². The van der Waals surface area contributed by atoms with Crippen LogP contribution in [-0.2, 0) is 14.0 Å². The van der Waals surface area contributed by atoms with E-state index in [0.717, 1.165) is 0 Å². The van der Waals surface area contributed by atoms with Crippen LogP contribution in [0.4, 0.5) is 4.79 Å². The number of carbonyl (C=O) groups excluding carboxylic acids is 2. The molecule has 2 amide bonds. The number of ether oxygens (including phenoxy) is 1. The number of carbonyl (C=O) groups is 2. The van der Waals surface area contributed by atoms with Crippen molar-refractivity contribution in [1.82, 2.24) is 10.6 Å². The van der Waals surface area contributed by atoms with E-state index in [1.807, 2.05) is 18.2 Å². The van der Waals surface area contributed by atoms with E-state index in [0.29, 0.717) is 6.42 Å². The summed E-state index contributed by atoms with van der Waals surface area (Å²) in [6.07, 6.45) is 3.92. The van der Waals surface area contributed by atoms with Gasteiger partial charge in [-0.1, -0.05) is 93.6 Å². The fourth-order valence-corrected chi connectivity index (χ4v) is 9.28. The maximum atomic E-state index is 12.7. The molecule has 1 aliphatic carbocycles. The molecule has 3 atom stereocenters. The Hall–Kier alpha value is -2.90. The lowest BCUT2D eigenvalue weighted by Crippen LogP contribution is -2.67. The molecular formula is C29H40N2O4Si. The number of amides is 2. The Morgan fingerprint density at radius 1 is 0.889 bits per heavy atom. The number of hydrogen-bond acceptors (Lipinski definition) is 4. The van der Waals surface area contributed by atoms with E-state index in [1.54, 1.807) is 27.7 Å². The van der Waals surface area contributed by atoms with E-state index in [1.165, 1.54) is 10.4 Å². The standard InChI is InChI=1S/C29H40N2O4Si/c1-21(30-27(33)34-28(2,3)4)26(32)31-22-18-19-23(20-22)35-36(29(5,6)7,24-14-10-8-11-15-24)25-16-12-9-13-17-25/h8-19,21-23H,20H2,1-7H3,(H,30,33)(H,31,32)/t21-,22+,23-/m0/s1. The largest absolute Gasteiger partial charge is 0.444 e. The van der Waals surface area contributed by atoms with Crippen LogP contribution in [0, 0.1) is 0 Å². The molecule has 0 saturated carbocycles. The molecule has 2 N–H and O–H groups in total. The van der Waals surface area contributed by atoms with Gasteiger partial charge in [-0.3, -0.25) is 4.79 Å². The first-order valence-electron chi connectivity index (χ1n) is 12.6. The summed E-state index contributed by atoms with van der Waals surface area (Å²) in [6.45, 7) is 13.8. The van der Waals surface area contributed by atoms with Crippen LogP contribution < -0.4 is 21.0 Å². The van der Waals surface area contributed by atoms with Gasteiger partial charge in [0.1, 0.15) is 11.6 Å². The van der Waals surface area contributed by atoms with Crippen LogP contribution in [0.5, 0.6) is 0 Å². The quantitative estimate of drug-likeness (QED) is 0.432. The molecule has 1 aliphatic rings. The van der Waals surface area contributed by atoms with Gasteiger partial charge in [0.15, 0.2) is 0 Å². The molecule has 0 aromatic heterocycles. The number of benzene rings is 2. The first-order chi connectivity index (χ1) is 16.8. The summed E-state index contributed by atoms with van der Waals surface area (Å²) in [7, 11) is -2.69. The van der Waals surface area contributed by atoms with Gasteiger partial charge in [-0.2, -0.15) is 0 Å². The highest BCUT2D eigenvalue weighted by molar-refractivity contribution is 6.99. The van der Waals surface area contributed by atoms with Crippen LogP contribution in [0.25, 0.3) is 0 Å². The highest BCUT2D eigenvalue weighted by atomic mass is 28.4. The van der Waals surface area contributed by atoms with Crippen molar-refractivity contribution in [1.29, 1.82) is 0 Å². The zero-order chi connectivity index (χ0) is 26.6. The fraction of sp³-hybridized carbons (Fsp3) is 0.448. The monoisotopic (exact) mass is 508 g/mol. The predicted molar refractivity (Wildman–Crippen MR) is 147 cm³/mol. The molecule has 7 heteroatoms. The lowest BCUT2D eigenvalue weighted by Gasteiger charge is -2.44. The summed E-state index contributed by atoms with van der Waals surface area (Å²) in [5.74, 6) is -0.262. The molecule has 0 saturated heterocycles. The number of nitrogens with one attached hydrogen (secondary N) is 2. The normalized spacial score (nSPS) is 19.0. The lowest BCUT2D eigenvalue weighted by atomic mass is 10.2. The zero-order valence-corrected chi connectivity index (χ0v) is 23.5. The minimum atomic E-state index is -2.69. The van der Waals surface area contributed by atoms with Crippen LogP contribution in [-0.4, -0.2) is 44.1 Å². The summed E-state index contributed by atoms with van der Waals surface area (Å²) < 4.78 is 12.4. The maximum absolute atomic E-state index is 12.7. The Morgan fingerprint density at radius 3 is 1.89 bits per heavy atom. The second kappa shape index (κ2) is 11.0. The van der Waals surface area contributed by atoms with Gasteiger partial charge in [-0.15, -0.1) is 0 Å². The Balaban J connectivity index is 1.74. The van der Waals surface area contributed by atoms with Crippen molar-refractivity contribution in [3.05, 3.63) is 72.8 Å². The van der Waals surface area contributed by atoms with Crippen molar-refractivity contribution >= 4 is 30.7 Å². The maximum Gasteiger partial charge on any atom is 0.408 e. The summed E-state index contributed by atoms with van der Waals surface area (Å²) in [6, 6.07) is 20.1. The summed E-state index contributed by atoms with van der Waals surface area (Å²) in [5.41, 5.74) is -0.625. The summed E-state index contributed by atoms with van der Waals surface area (Å²) in [5, 5.41) is 7.94. The zero-order valence-electron chi connectivity index (χ0n) is 22.5. The molecule has 0 aliphatic heterocycles. The first kappa shape index (κ1) is 27.7. The second-order valence-electron chi connectivity index (χ2n) is 11.4. The van der Waals surface area contributed by atoms with E-state index in [2.05, 4.69) is 86.0 Å². The van der Waals surface area contributed by atoms with E-state index in [9.17, 15) is 9.59 Å². The first-order valence-corrected chi connectivity index (χ1v) is 14.5. The molecule has 194 valence electrons. The lowest BCUT2D eigenvalue weighted by molar-refractivity contribution is -0.123. The van der Waals surface area contributed by atoms with Crippen LogP contribution >= 0.6 is 0 Å². The van der Waals surface area contributed by atoms with Gasteiger partial charge in [-0.25, -0.2) is 4.79 Å². The molecule has 6 nitrogen and oxygen atoms in total. The molecule has 36 heavy (non-hydrogen) atoms. The van der Waals surface area contributed by atoms with Gasteiger partial charge < -0.3 is 19.8 Å². The Labute approximate surface area is 216 Å². The van der Waals surface area contributed by atoms with Gasteiger partial charge in [0.05, 0.1) is 6.10 Å². The topological polar surface area (TPSA) is 76.7 Å². The van der Waals surface area contributed by atoms with Gasteiger partial charge in [0.25, 0.3) is 8.32 Å². The summed E-state index contributed by atoms with van der Waals surface area (Å²) in [4.78, 5) is 24.8. The molecule has 0 heterocycles. The molecule has 2 aromatic carbocycles. The van der Waals surface area contributed by atoms with Gasteiger partial charge in [0, 0.05) is 6.04 Å². The molecule has 3 rings (SSSR count). The Bertz CT molecular complexity index is 1020. The molecule has 0 radical (unpaired) electrons. The number of hydrogen-bond donors (Lipinski definition) is 2. The van der Waals surface area contributed by atoms with E-state index in [-0.39, 0.29) is 23.1 Å². The third-order valence-corrected chi connectivity index (χ3v) is 11.3. The number of alkyl carbamates (subject to hydrolysis) is 1. The average molecular weight is 509 g/mol. The number of rotatable bonds is 7. The molecule has 2 aromatic rings. The van der Waals surface area contributed by atoms with Crippen LogP contribution in [0.1, 0.15) is 54.9 Å². The van der Waals surface area contributed by atoms with E-state index < -0.39 is 26.1 Å². The van der Waals surface area contributed by atoms with Crippen molar-refractivity contribution in [3.63, 3.8) is 0 Å². The van der Waals surface area contributed by atoms with Crippen molar-refractivity contribution < 1.29 is 18.8 Å². The fourth-order valence-electron chi connectivity index (χ4n) is 4.64. The minimum absolute atomic E-state index is 0.128. The second-order valence-corrected chi connectivity index (χ2v) is 15.7. The van der Waals surface area contributed by atoms with Crippen molar-refractivity contribution in [2.24, 2.45) is 0 Å². The molecular weight excluding hydrogens is 468 g/mol. The van der Waals surface area contributed by atoms with Gasteiger partial charge >= 0.3 is 6.09 Å². The Morgan fingerprint density at radius 2 is 1.42 bits per heavy atom. The van der Waals surface area contributed by atoms with Crippen LogP contribution in [0.3, 0.4) is 0 Å². The van der Waals surface area contributed by atoms with Gasteiger partial charge in [-0.05, 0) is 49.5 Å². The predicted octanol–water partition coefficient (Wildman–Crippen LogP) is 4.29. The van der Waals surface area contributed by atoms with Crippen LogP contribution in [0.2, 0.25) is 5.04 Å². The molecule has 0 bridgehead atoms. The third-order valence-electron chi connectivity index (χ3n) is 6.24. The van der Waals surface area contributed by atoms with Gasteiger partial charge in [0.2, 0.25) is 5.91 Å². The SMILES string of the molecule is C[C@H](NC(=O)OC(C)(C)C)C(=O)N[C@@H]1C=C[C@H](O[Si](c2ccccc2)(c2ccccc2)C(C)(C)C)C1. The highest BCUT2D eigenvalue weighted by Gasteiger charge is 2.51. The summed E-state index contributed by atoms with van der Waals surface area (Å²) >= 11 is 0. The molecule has 0 unspecified atom stereocenters.